The van der Waals surface area contributed by atoms with Gasteiger partial charge in [-0.15, -0.1) is 0 Å². The van der Waals surface area contributed by atoms with E-state index < -0.39 is 0 Å². The number of methoxy groups -OCH3 is 1. The first-order valence-electron chi connectivity index (χ1n) is 7.20. The van der Waals surface area contributed by atoms with E-state index in [2.05, 4.69) is 24.8 Å². The van der Waals surface area contributed by atoms with Gasteiger partial charge in [0.1, 0.15) is 0 Å². The molecule has 0 amide bonds. The fraction of sp³-hybridized carbons (Fsp3) is 0.769. The van der Waals surface area contributed by atoms with Gasteiger partial charge in [-0.05, 0) is 37.3 Å². The molecule has 110 valence electrons. The van der Waals surface area contributed by atoms with Gasteiger partial charge >= 0.3 is 0 Å². The highest BCUT2D eigenvalue weighted by Gasteiger charge is 2.31. The number of aromatic nitrogens is 3. The predicted molar refractivity (Wildman–Crippen MR) is 78.5 cm³/mol. The summed E-state index contributed by atoms with van der Waals surface area (Å²) in [5.41, 5.74) is 0. The molecule has 1 saturated carbocycles. The van der Waals surface area contributed by atoms with Crippen LogP contribution >= 0.6 is 11.6 Å². The molecule has 1 aromatic rings. The van der Waals surface area contributed by atoms with Crippen LogP contribution in [0.15, 0.2) is 0 Å². The van der Waals surface area contributed by atoms with Crippen molar-refractivity contribution < 1.29 is 4.74 Å². The molecule has 2 fully saturated rings. The summed E-state index contributed by atoms with van der Waals surface area (Å²) in [4.78, 5) is 17.6. The molecule has 1 aliphatic carbocycles. The van der Waals surface area contributed by atoms with Gasteiger partial charge in [-0.3, -0.25) is 0 Å². The Morgan fingerprint density at radius 1 is 1.25 bits per heavy atom. The standard InChI is InChI=1S/C13H20ClN5O/c1-20-9-8-19(10-4-5-10)13-16-11(14)15-12(17-13)18-6-2-3-7-18/h10H,2-9H2,1H3. The van der Waals surface area contributed by atoms with Gasteiger partial charge in [0.15, 0.2) is 0 Å². The van der Waals surface area contributed by atoms with Crippen molar-refractivity contribution in [3.8, 4) is 0 Å². The molecule has 0 bridgehead atoms. The van der Waals surface area contributed by atoms with Crippen molar-refractivity contribution in [3.63, 3.8) is 0 Å². The Morgan fingerprint density at radius 2 is 2.00 bits per heavy atom. The van der Waals surface area contributed by atoms with Gasteiger partial charge < -0.3 is 14.5 Å². The Kier molecular flexibility index (Phi) is 4.21. The van der Waals surface area contributed by atoms with Crippen LogP contribution in [0.3, 0.4) is 0 Å². The van der Waals surface area contributed by atoms with Crippen LogP contribution in [0.5, 0.6) is 0 Å². The second kappa shape index (κ2) is 6.10. The molecule has 0 spiro atoms. The van der Waals surface area contributed by atoms with E-state index in [-0.39, 0.29) is 5.28 Å². The van der Waals surface area contributed by atoms with E-state index in [0.29, 0.717) is 24.5 Å². The summed E-state index contributed by atoms with van der Waals surface area (Å²) in [7, 11) is 1.71. The maximum atomic E-state index is 6.08. The summed E-state index contributed by atoms with van der Waals surface area (Å²) in [5, 5.41) is 0.278. The largest absolute Gasteiger partial charge is 0.383 e. The zero-order valence-electron chi connectivity index (χ0n) is 11.8. The van der Waals surface area contributed by atoms with Crippen LogP contribution in [0.25, 0.3) is 0 Å². The van der Waals surface area contributed by atoms with E-state index in [9.17, 15) is 0 Å². The van der Waals surface area contributed by atoms with E-state index in [1.165, 1.54) is 25.7 Å². The first kappa shape index (κ1) is 13.8. The van der Waals surface area contributed by atoms with Crippen molar-refractivity contribution in [2.75, 3.05) is 43.2 Å². The average Bonchev–Trinajstić information content (AvgIpc) is 3.12. The van der Waals surface area contributed by atoms with Crippen LogP contribution in [-0.2, 0) is 4.74 Å². The van der Waals surface area contributed by atoms with Gasteiger partial charge in [0.05, 0.1) is 6.61 Å². The summed E-state index contributed by atoms with van der Waals surface area (Å²) in [6, 6.07) is 0.523. The Morgan fingerprint density at radius 3 is 2.65 bits per heavy atom. The molecule has 1 saturated heterocycles. The molecule has 0 atom stereocenters. The molecular formula is C13H20ClN5O. The predicted octanol–water partition coefficient (Wildman–Crippen LogP) is 1.74. The third-order valence-electron chi connectivity index (χ3n) is 3.75. The number of halogens is 1. The maximum absolute atomic E-state index is 6.08. The molecule has 20 heavy (non-hydrogen) atoms. The lowest BCUT2D eigenvalue weighted by molar-refractivity contribution is 0.204. The smallest absolute Gasteiger partial charge is 0.231 e. The lowest BCUT2D eigenvalue weighted by Gasteiger charge is -2.23. The summed E-state index contributed by atoms with van der Waals surface area (Å²) < 4.78 is 5.18. The average molecular weight is 298 g/mol. The normalized spacial score (nSPS) is 18.6. The third kappa shape index (κ3) is 3.12. The van der Waals surface area contributed by atoms with Crippen LogP contribution in [-0.4, -0.2) is 54.3 Å². The highest BCUT2D eigenvalue weighted by atomic mass is 35.5. The van der Waals surface area contributed by atoms with Crippen molar-refractivity contribution in [2.24, 2.45) is 0 Å². The van der Waals surface area contributed by atoms with E-state index >= 15 is 0 Å². The first-order chi connectivity index (χ1) is 9.78. The SMILES string of the molecule is COCCN(c1nc(Cl)nc(N2CCCC2)n1)C1CC1. The van der Waals surface area contributed by atoms with E-state index in [0.717, 1.165) is 19.6 Å². The van der Waals surface area contributed by atoms with Crippen LogP contribution in [0.4, 0.5) is 11.9 Å². The molecule has 3 rings (SSSR count). The van der Waals surface area contributed by atoms with Crippen molar-refractivity contribution in [3.05, 3.63) is 5.28 Å². The topological polar surface area (TPSA) is 54.4 Å². The molecule has 0 unspecified atom stereocenters. The van der Waals surface area contributed by atoms with Crippen molar-refractivity contribution in [1.82, 2.24) is 15.0 Å². The second-order valence-electron chi connectivity index (χ2n) is 5.32. The highest BCUT2D eigenvalue weighted by molar-refractivity contribution is 6.28. The lowest BCUT2D eigenvalue weighted by atomic mass is 10.4. The molecule has 7 heteroatoms. The number of rotatable bonds is 6. The summed E-state index contributed by atoms with van der Waals surface area (Å²) in [5.74, 6) is 1.40. The lowest BCUT2D eigenvalue weighted by Crippen LogP contribution is -2.32. The quantitative estimate of drug-likeness (QED) is 0.797. The summed E-state index contributed by atoms with van der Waals surface area (Å²) in [6.45, 7) is 3.46. The number of hydrogen-bond donors (Lipinski definition) is 0. The number of nitrogens with zero attached hydrogens (tertiary/aromatic N) is 5. The Hall–Kier alpha value is -1.14. The minimum absolute atomic E-state index is 0.278. The van der Waals surface area contributed by atoms with E-state index in [4.69, 9.17) is 16.3 Å². The zero-order chi connectivity index (χ0) is 13.9. The van der Waals surface area contributed by atoms with Crippen molar-refractivity contribution in [1.29, 1.82) is 0 Å². The molecule has 0 N–H and O–H groups in total. The Bertz CT molecular complexity index is 462. The fourth-order valence-electron chi connectivity index (χ4n) is 2.54. The number of anilines is 2. The molecule has 2 heterocycles. The molecular weight excluding hydrogens is 278 g/mol. The molecule has 6 nitrogen and oxygen atoms in total. The minimum Gasteiger partial charge on any atom is -0.383 e. The van der Waals surface area contributed by atoms with Gasteiger partial charge in [-0.1, -0.05) is 0 Å². The molecule has 0 radical (unpaired) electrons. The van der Waals surface area contributed by atoms with Gasteiger partial charge in [0.25, 0.3) is 0 Å². The first-order valence-corrected chi connectivity index (χ1v) is 7.58. The number of hydrogen-bond acceptors (Lipinski definition) is 6. The monoisotopic (exact) mass is 297 g/mol. The fourth-order valence-corrected chi connectivity index (χ4v) is 2.69. The summed E-state index contributed by atoms with van der Waals surface area (Å²) >= 11 is 6.08. The van der Waals surface area contributed by atoms with Crippen LogP contribution in [0.1, 0.15) is 25.7 Å². The zero-order valence-corrected chi connectivity index (χ0v) is 12.5. The van der Waals surface area contributed by atoms with Crippen LogP contribution < -0.4 is 9.80 Å². The molecule has 0 aromatic carbocycles. The van der Waals surface area contributed by atoms with Gasteiger partial charge in [0.2, 0.25) is 17.2 Å². The second-order valence-corrected chi connectivity index (χ2v) is 5.65. The molecule has 1 aromatic heterocycles. The maximum Gasteiger partial charge on any atom is 0.231 e. The Balaban J connectivity index is 1.82. The van der Waals surface area contributed by atoms with Gasteiger partial charge in [0, 0.05) is 32.8 Å². The van der Waals surface area contributed by atoms with Gasteiger partial charge in [-0.25, -0.2) is 0 Å². The number of ether oxygens (including phenoxy) is 1. The molecule has 1 aliphatic heterocycles. The summed E-state index contributed by atoms with van der Waals surface area (Å²) in [6.07, 6.45) is 4.75. The van der Waals surface area contributed by atoms with Gasteiger partial charge in [-0.2, -0.15) is 15.0 Å². The highest BCUT2D eigenvalue weighted by Crippen LogP contribution is 2.30. The van der Waals surface area contributed by atoms with Crippen molar-refractivity contribution in [2.45, 2.75) is 31.7 Å². The van der Waals surface area contributed by atoms with Crippen LogP contribution in [0, 0.1) is 0 Å². The van der Waals surface area contributed by atoms with Crippen LogP contribution in [0.2, 0.25) is 5.28 Å². The van der Waals surface area contributed by atoms with Crippen molar-refractivity contribution >= 4 is 23.5 Å². The minimum atomic E-state index is 0.278. The van der Waals surface area contributed by atoms with E-state index in [1.807, 2.05) is 0 Å². The molecule has 2 aliphatic rings. The Labute approximate surface area is 124 Å². The van der Waals surface area contributed by atoms with E-state index in [1.54, 1.807) is 7.11 Å². The third-order valence-corrected chi connectivity index (χ3v) is 3.92.